The van der Waals surface area contributed by atoms with Gasteiger partial charge in [0.1, 0.15) is 0 Å². The minimum Gasteiger partial charge on any atom is -0.376 e. The summed E-state index contributed by atoms with van der Waals surface area (Å²) in [6.45, 7) is 9.20. The van der Waals surface area contributed by atoms with Crippen molar-refractivity contribution in [1.82, 2.24) is 10.4 Å². The van der Waals surface area contributed by atoms with Gasteiger partial charge in [-0.3, -0.25) is 11.3 Å². The summed E-state index contributed by atoms with van der Waals surface area (Å²) in [5, 5.41) is 3.07. The highest BCUT2D eigenvalue weighted by atomic mass is 32.1. The molecule has 0 amide bonds. The fraction of sp³-hybridized carbons (Fsp3) is 0.750. The van der Waals surface area contributed by atoms with Gasteiger partial charge in [0.2, 0.25) is 0 Å². The second-order valence-corrected chi connectivity index (χ2v) is 6.12. The Morgan fingerprint density at radius 1 is 1.53 bits per heavy atom. The number of nitrogens with one attached hydrogen (secondary N) is 1. The second kappa shape index (κ2) is 6.44. The molecular formula is C12H23N3OS. The lowest BCUT2D eigenvalue weighted by atomic mass is 9.83. The largest absolute Gasteiger partial charge is 0.376 e. The van der Waals surface area contributed by atoms with Gasteiger partial charge in [-0.25, -0.2) is 4.98 Å². The molecule has 1 rings (SSSR count). The third kappa shape index (κ3) is 4.35. The Morgan fingerprint density at radius 3 is 2.65 bits per heavy atom. The van der Waals surface area contributed by atoms with E-state index in [4.69, 9.17) is 10.6 Å². The van der Waals surface area contributed by atoms with E-state index in [9.17, 15) is 0 Å². The van der Waals surface area contributed by atoms with E-state index in [1.54, 1.807) is 11.3 Å². The molecule has 0 spiro atoms. The van der Waals surface area contributed by atoms with Crippen LogP contribution in [0.15, 0.2) is 11.6 Å². The molecular weight excluding hydrogens is 234 g/mol. The van der Waals surface area contributed by atoms with Gasteiger partial charge in [0.15, 0.2) is 0 Å². The van der Waals surface area contributed by atoms with E-state index in [0.29, 0.717) is 6.61 Å². The lowest BCUT2D eigenvalue weighted by Crippen LogP contribution is -2.52. The molecule has 4 nitrogen and oxygen atoms in total. The molecule has 0 aliphatic heterocycles. The zero-order valence-corrected chi connectivity index (χ0v) is 11.9. The van der Waals surface area contributed by atoms with Gasteiger partial charge in [-0.2, -0.15) is 0 Å². The number of rotatable bonds is 6. The van der Waals surface area contributed by atoms with Crippen molar-refractivity contribution in [1.29, 1.82) is 0 Å². The zero-order chi connectivity index (χ0) is 12.9. The minimum absolute atomic E-state index is 0.0459. The first-order valence-electron chi connectivity index (χ1n) is 5.95. The van der Waals surface area contributed by atoms with E-state index < -0.39 is 0 Å². The molecule has 17 heavy (non-hydrogen) atoms. The van der Waals surface area contributed by atoms with Crippen LogP contribution in [0.1, 0.15) is 32.7 Å². The highest BCUT2D eigenvalue weighted by Crippen LogP contribution is 2.26. The predicted octanol–water partition coefficient (Wildman–Crippen LogP) is 1.97. The summed E-state index contributed by atoms with van der Waals surface area (Å²) in [4.78, 5) is 4.30. The van der Waals surface area contributed by atoms with E-state index >= 15 is 0 Å². The minimum atomic E-state index is 0.0459. The van der Waals surface area contributed by atoms with Crippen LogP contribution in [0.2, 0.25) is 0 Å². The number of nitrogens with two attached hydrogens (primary N) is 1. The van der Waals surface area contributed by atoms with Crippen molar-refractivity contribution >= 4 is 11.3 Å². The van der Waals surface area contributed by atoms with Crippen LogP contribution in [0.5, 0.6) is 0 Å². The molecule has 1 aromatic rings. The van der Waals surface area contributed by atoms with Crippen molar-refractivity contribution in [3.8, 4) is 0 Å². The average molecular weight is 257 g/mol. The summed E-state index contributed by atoms with van der Waals surface area (Å²) in [6, 6.07) is 0.0844. The van der Waals surface area contributed by atoms with Gasteiger partial charge < -0.3 is 4.74 Å². The number of thiazole rings is 1. The molecule has 2 atom stereocenters. The maximum absolute atomic E-state index is 5.84. The average Bonchev–Trinajstić information content (AvgIpc) is 2.74. The van der Waals surface area contributed by atoms with Crippen LogP contribution in [-0.4, -0.2) is 23.7 Å². The first-order chi connectivity index (χ1) is 7.99. The fourth-order valence-corrected chi connectivity index (χ4v) is 2.62. The summed E-state index contributed by atoms with van der Waals surface area (Å²) in [7, 11) is 0. The Hall–Kier alpha value is -0.490. The van der Waals surface area contributed by atoms with Crippen LogP contribution < -0.4 is 11.3 Å². The van der Waals surface area contributed by atoms with Crippen LogP contribution in [0.25, 0.3) is 0 Å². The Balaban J connectivity index is 2.74. The molecule has 0 aromatic carbocycles. The number of hydrazine groups is 1. The lowest BCUT2D eigenvalue weighted by molar-refractivity contribution is -0.0356. The summed E-state index contributed by atoms with van der Waals surface area (Å²) in [5.41, 5.74) is 2.92. The fourth-order valence-electron chi connectivity index (χ4n) is 1.94. The molecule has 2 unspecified atom stereocenters. The van der Waals surface area contributed by atoms with Crippen molar-refractivity contribution in [2.45, 2.75) is 46.3 Å². The van der Waals surface area contributed by atoms with Crippen molar-refractivity contribution in [3.63, 3.8) is 0 Å². The smallest absolute Gasteiger partial charge is 0.0941 e. The molecule has 1 aromatic heterocycles. The number of ether oxygens (including phenoxy) is 1. The molecule has 98 valence electrons. The highest BCUT2D eigenvalue weighted by molar-refractivity contribution is 7.09. The predicted molar refractivity (Wildman–Crippen MR) is 71.8 cm³/mol. The van der Waals surface area contributed by atoms with Gasteiger partial charge in [0, 0.05) is 24.6 Å². The first kappa shape index (κ1) is 14.6. The highest BCUT2D eigenvalue weighted by Gasteiger charge is 2.32. The van der Waals surface area contributed by atoms with E-state index in [-0.39, 0.29) is 17.6 Å². The maximum atomic E-state index is 5.84. The molecule has 1 heterocycles. The van der Waals surface area contributed by atoms with Gasteiger partial charge in [0.05, 0.1) is 17.2 Å². The van der Waals surface area contributed by atoms with Gasteiger partial charge in [-0.1, -0.05) is 20.8 Å². The van der Waals surface area contributed by atoms with Crippen molar-refractivity contribution < 1.29 is 4.74 Å². The van der Waals surface area contributed by atoms with Crippen LogP contribution in [0, 0.1) is 5.41 Å². The van der Waals surface area contributed by atoms with Crippen LogP contribution in [0.3, 0.4) is 0 Å². The molecule has 0 aliphatic carbocycles. The van der Waals surface area contributed by atoms with E-state index in [1.807, 2.05) is 18.5 Å². The van der Waals surface area contributed by atoms with Crippen LogP contribution >= 0.6 is 11.3 Å². The Labute approximate surface area is 108 Å². The molecule has 3 N–H and O–H groups in total. The molecule has 0 saturated heterocycles. The Bertz CT molecular complexity index is 308. The monoisotopic (exact) mass is 257 g/mol. The molecule has 0 radical (unpaired) electrons. The SMILES string of the molecule is CCOC(C(Cc1nccs1)NN)C(C)(C)C. The molecule has 5 heteroatoms. The van der Waals surface area contributed by atoms with Crippen LogP contribution in [0.4, 0.5) is 0 Å². The topological polar surface area (TPSA) is 60.2 Å². The number of hydrogen-bond donors (Lipinski definition) is 2. The number of hydrogen-bond acceptors (Lipinski definition) is 5. The third-order valence-electron chi connectivity index (χ3n) is 2.66. The van der Waals surface area contributed by atoms with E-state index in [1.165, 1.54) is 0 Å². The van der Waals surface area contributed by atoms with Crippen molar-refractivity contribution in [2.75, 3.05) is 6.61 Å². The van der Waals surface area contributed by atoms with Gasteiger partial charge in [-0.05, 0) is 12.3 Å². The summed E-state index contributed by atoms with van der Waals surface area (Å²) in [5.74, 6) is 5.66. The van der Waals surface area contributed by atoms with Gasteiger partial charge in [0.25, 0.3) is 0 Å². The Morgan fingerprint density at radius 2 is 2.24 bits per heavy atom. The number of nitrogens with zero attached hydrogens (tertiary/aromatic N) is 1. The van der Waals surface area contributed by atoms with E-state index in [0.717, 1.165) is 11.4 Å². The van der Waals surface area contributed by atoms with E-state index in [2.05, 4.69) is 31.2 Å². The normalized spacial score (nSPS) is 15.8. The third-order valence-corrected chi connectivity index (χ3v) is 3.46. The number of aromatic nitrogens is 1. The first-order valence-corrected chi connectivity index (χ1v) is 6.83. The summed E-state index contributed by atoms with van der Waals surface area (Å²) in [6.07, 6.45) is 2.69. The lowest BCUT2D eigenvalue weighted by Gasteiger charge is -2.36. The molecule has 0 aliphatic rings. The molecule has 0 saturated carbocycles. The standard InChI is InChI=1S/C12H23N3OS/c1-5-16-11(12(2,3)4)9(15-13)8-10-14-6-7-17-10/h6-7,9,11,15H,5,8,13H2,1-4H3. The molecule has 0 bridgehead atoms. The van der Waals surface area contributed by atoms with Crippen molar-refractivity contribution in [2.24, 2.45) is 11.3 Å². The Kier molecular flexibility index (Phi) is 5.52. The molecule has 0 fully saturated rings. The van der Waals surface area contributed by atoms with Crippen LogP contribution in [-0.2, 0) is 11.2 Å². The maximum Gasteiger partial charge on any atom is 0.0941 e. The van der Waals surface area contributed by atoms with Gasteiger partial charge in [-0.15, -0.1) is 11.3 Å². The summed E-state index contributed by atoms with van der Waals surface area (Å²) >= 11 is 1.65. The zero-order valence-electron chi connectivity index (χ0n) is 11.1. The summed E-state index contributed by atoms with van der Waals surface area (Å²) < 4.78 is 5.84. The van der Waals surface area contributed by atoms with Crippen molar-refractivity contribution in [3.05, 3.63) is 16.6 Å². The second-order valence-electron chi connectivity index (χ2n) is 5.15. The quantitative estimate of drug-likeness (QED) is 0.604. The van der Waals surface area contributed by atoms with Gasteiger partial charge >= 0.3 is 0 Å².